The van der Waals surface area contributed by atoms with Gasteiger partial charge in [-0.2, -0.15) is 0 Å². The maximum absolute atomic E-state index is 12.9. The maximum atomic E-state index is 12.9. The molecular formula is C21H15ClO. The van der Waals surface area contributed by atoms with E-state index in [9.17, 15) is 4.79 Å². The fourth-order valence-corrected chi connectivity index (χ4v) is 3.59. The lowest BCUT2D eigenvalue weighted by Gasteiger charge is -2.12. The molecule has 23 heavy (non-hydrogen) atoms. The number of rotatable bonds is 1. The molecule has 4 rings (SSSR count). The molecule has 0 aliphatic heterocycles. The van der Waals surface area contributed by atoms with Crippen LogP contribution in [0.3, 0.4) is 0 Å². The van der Waals surface area contributed by atoms with Crippen molar-refractivity contribution in [3.63, 3.8) is 0 Å². The van der Waals surface area contributed by atoms with Gasteiger partial charge in [0.1, 0.15) is 0 Å². The minimum Gasteiger partial charge on any atom is -0.289 e. The van der Waals surface area contributed by atoms with Crippen LogP contribution in [0.2, 0.25) is 5.02 Å². The van der Waals surface area contributed by atoms with Crippen LogP contribution in [-0.4, -0.2) is 5.78 Å². The van der Waals surface area contributed by atoms with Gasteiger partial charge in [-0.25, -0.2) is 0 Å². The molecule has 0 aromatic heterocycles. The SMILES string of the molecule is Cc1cc(-c2cccc3c2C(=O)c2ccccc2-3)c(C)cc1Cl. The number of carbonyl (C=O) groups is 1. The Hall–Kier alpha value is -2.38. The van der Waals surface area contributed by atoms with Crippen molar-refractivity contribution in [2.75, 3.05) is 0 Å². The van der Waals surface area contributed by atoms with Crippen molar-refractivity contribution in [1.29, 1.82) is 0 Å². The molecule has 1 aliphatic carbocycles. The van der Waals surface area contributed by atoms with E-state index in [-0.39, 0.29) is 5.78 Å². The number of hydrogen-bond donors (Lipinski definition) is 0. The molecule has 3 aromatic rings. The molecule has 3 aromatic carbocycles. The lowest BCUT2D eigenvalue weighted by atomic mass is 9.91. The second-order valence-corrected chi connectivity index (χ2v) is 6.43. The van der Waals surface area contributed by atoms with Gasteiger partial charge >= 0.3 is 0 Å². The molecule has 0 bridgehead atoms. The summed E-state index contributed by atoms with van der Waals surface area (Å²) in [5.74, 6) is 0.109. The highest BCUT2D eigenvalue weighted by atomic mass is 35.5. The quantitative estimate of drug-likeness (QED) is 0.431. The van der Waals surface area contributed by atoms with Crippen molar-refractivity contribution >= 4 is 17.4 Å². The number of aryl methyl sites for hydroxylation is 2. The summed E-state index contributed by atoms with van der Waals surface area (Å²) in [6.07, 6.45) is 0. The van der Waals surface area contributed by atoms with Crippen LogP contribution in [-0.2, 0) is 0 Å². The molecule has 1 nitrogen and oxygen atoms in total. The maximum Gasteiger partial charge on any atom is 0.194 e. The molecule has 0 N–H and O–H groups in total. The van der Waals surface area contributed by atoms with E-state index in [1.165, 1.54) is 0 Å². The minimum absolute atomic E-state index is 0.109. The summed E-state index contributed by atoms with van der Waals surface area (Å²) in [6.45, 7) is 4.03. The van der Waals surface area contributed by atoms with Crippen molar-refractivity contribution in [2.24, 2.45) is 0 Å². The van der Waals surface area contributed by atoms with E-state index in [2.05, 4.69) is 6.07 Å². The first kappa shape index (κ1) is 14.2. The molecule has 0 saturated heterocycles. The van der Waals surface area contributed by atoms with Crippen molar-refractivity contribution in [1.82, 2.24) is 0 Å². The van der Waals surface area contributed by atoms with E-state index in [0.29, 0.717) is 0 Å². The van der Waals surface area contributed by atoms with Crippen molar-refractivity contribution in [2.45, 2.75) is 13.8 Å². The Morgan fingerprint density at radius 1 is 0.696 bits per heavy atom. The van der Waals surface area contributed by atoms with E-state index >= 15 is 0 Å². The Labute approximate surface area is 140 Å². The standard InChI is InChI=1S/C21H15ClO/c1-12-11-19(22)13(2)10-18(12)16-9-5-8-15-14-6-3-4-7-17(14)21(23)20(15)16/h3-11H,1-2H3. The Morgan fingerprint density at radius 3 is 2.04 bits per heavy atom. The molecule has 0 radical (unpaired) electrons. The Kier molecular flexibility index (Phi) is 3.14. The summed E-state index contributed by atoms with van der Waals surface area (Å²) in [5, 5.41) is 0.758. The second kappa shape index (κ2) is 5.07. The van der Waals surface area contributed by atoms with Gasteiger partial charge in [-0.05, 0) is 59.4 Å². The number of fused-ring (bicyclic) bond motifs is 3. The van der Waals surface area contributed by atoms with Gasteiger partial charge in [0.2, 0.25) is 0 Å². The van der Waals surface area contributed by atoms with Gasteiger partial charge in [-0.15, -0.1) is 0 Å². The highest BCUT2D eigenvalue weighted by molar-refractivity contribution is 6.31. The van der Waals surface area contributed by atoms with Crippen LogP contribution in [0.25, 0.3) is 22.3 Å². The molecule has 1 aliphatic rings. The topological polar surface area (TPSA) is 17.1 Å². The predicted octanol–water partition coefficient (Wildman–Crippen LogP) is 5.84. The largest absolute Gasteiger partial charge is 0.289 e. The van der Waals surface area contributed by atoms with Crippen molar-refractivity contribution in [3.05, 3.63) is 81.9 Å². The molecule has 0 atom stereocenters. The van der Waals surface area contributed by atoms with Gasteiger partial charge in [0.05, 0.1) is 0 Å². The van der Waals surface area contributed by atoms with Gasteiger partial charge < -0.3 is 0 Å². The zero-order valence-electron chi connectivity index (χ0n) is 13.0. The van der Waals surface area contributed by atoms with E-state index in [4.69, 9.17) is 11.6 Å². The molecule has 0 heterocycles. The summed E-state index contributed by atoms with van der Waals surface area (Å²) < 4.78 is 0. The van der Waals surface area contributed by atoms with Gasteiger partial charge in [-0.1, -0.05) is 54.1 Å². The summed E-state index contributed by atoms with van der Waals surface area (Å²) >= 11 is 6.23. The average molecular weight is 319 g/mol. The lowest BCUT2D eigenvalue weighted by Crippen LogP contribution is -1.99. The van der Waals surface area contributed by atoms with Gasteiger partial charge in [0.15, 0.2) is 5.78 Å². The zero-order chi connectivity index (χ0) is 16.1. The highest BCUT2D eigenvalue weighted by Gasteiger charge is 2.29. The fraction of sp³-hybridized carbons (Fsp3) is 0.0952. The minimum atomic E-state index is 0.109. The summed E-state index contributed by atoms with van der Waals surface area (Å²) in [4.78, 5) is 12.9. The molecule has 0 unspecified atom stereocenters. The third kappa shape index (κ3) is 2.04. The van der Waals surface area contributed by atoms with Crippen LogP contribution in [0, 0.1) is 13.8 Å². The van der Waals surface area contributed by atoms with Gasteiger partial charge in [-0.3, -0.25) is 4.79 Å². The predicted molar refractivity (Wildman–Crippen MR) is 95.2 cm³/mol. The molecule has 112 valence electrons. The first-order valence-electron chi connectivity index (χ1n) is 7.62. The zero-order valence-corrected chi connectivity index (χ0v) is 13.7. The fourth-order valence-electron chi connectivity index (χ4n) is 3.37. The number of halogens is 1. The summed E-state index contributed by atoms with van der Waals surface area (Å²) in [6, 6.07) is 17.9. The molecule has 0 spiro atoms. The first-order valence-corrected chi connectivity index (χ1v) is 8.00. The van der Waals surface area contributed by atoms with E-state index in [1.807, 2.05) is 62.4 Å². The van der Waals surface area contributed by atoms with Crippen LogP contribution in [0.5, 0.6) is 0 Å². The number of carbonyl (C=O) groups excluding carboxylic acids is 1. The number of ketones is 1. The van der Waals surface area contributed by atoms with Gasteiger partial charge in [0.25, 0.3) is 0 Å². The Bertz CT molecular complexity index is 970. The second-order valence-electron chi connectivity index (χ2n) is 6.02. The monoisotopic (exact) mass is 318 g/mol. The van der Waals surface area contributed by atoms with Crippen molar-refractivity contribution < 1.29 is 4.79 Å². The smallest absolute Gasteiger partial charge is 0.194 e. The number of benzene rings is 3. The molecule has 0 amide bonds. The third-order valence-electron chi connectivity index (χ3n) is 4.55. The van der Waals surface area contributed by atoms with E-state index in [1.54, 1.807) is 0 Å². The van der Waals surface area contributed by atoms with Crippen LogP contribution in [0.1, 0.15) is 27.0 Å². The first-order chi connectivity index (χ1) is 11.1. The lowest BCUT2D eigenvalue weighted by molar-refractivity contribution is 0.104. The molecular weight excluding hydrogens is 304 g/mol. The van der Waals surface area contributed by atoms with Crippen LogP contribution >= 0.6 is 11.6 Å². The molecule has 2 heteroatoms. The van der Waals surface area contributed by atoms with E-state index in [0.717, 1.165) is 49.5 Å². The molecule has 0 saturated carbocycles. The molecule has 0 fully saturated rings. The Morgan fingerprint density at radius 2 is 1.30 bits per heavy atom. The van der Waals surface area contributed by atoms with Gasteiger partial charge in [0, 0.05) is 16.1 Å². The summed E-state index contributed by atoms with van der Waals surface area (Å²) in [5.41, 5.74) is 7.81. The highest BCUT2D eigenvalue weighted by Crippen LogP contribution is 2.42. The summed E-state index contributed by atoms with van der Waals surface area (Å²) in [7, 11) is 0. The van der Waals surface area contributed by atoms with E-state index < -0.39 is 0 Å². The third-order valence-corrected chi connectivity index (χ3v) is 4.96. The van der Waals surface area contributed by atoms with Crippen LogP contribution in [0.4, 0.5) is 0 Å². The van der Waals surface area contributed by atoms with Crippen molar-refractivity contribution in [3.8, 4) is 22.3 Å². The number of hydrogen-bond acceptors (Lipinski definition) is 1. The van der Waals surface area contributed by atoms with Crippen LogP contribution < -0.4 is 0 Å². The average Bonchev–Trinajstić information content (AvgIpc) is 2.85. The van der Waals surface area contributed by atoms with Crippen LogP contribution in [0.15, 0.2) is 54.6 Å². The normalized spacial score (nSPS) is 12.2. The Balaban J connectivity index is 2.02.